The lowest BCUT2D eigenvalue weighted by Crippen LogP contribution is -2.20. The van der Waals surface area contributed by atoms with Crippen LogP contribution in [0.5, 0.6) is 11.5 Å². The van der Waals surface area contributed by atoms with Crippen LogP contribution < -0.4 is 14.8 Å². The third-order valence-electron chi connectivity index (χ3n) is 3.48. The molecule has 25 heavy (non-hydrogen) atoms. The summed E-state index contributed by atoms with van der Waals surface area (Å²) in [6, 6.07) is 26.5. The Hall–Kier alpha value is -3.27. The lowest BCUT2D eigenvalue weighted by molar-refractivity contribution is -0.118. The fraction of sp³-hybridized carbons (Fsp3) is 0.0952. The summed E-state index contributed by atoms with van der Waals surface area (Å²) in [5, 5.41) is 2.81. The quantitative estimate of drug-likeness (QED) is 0.702. The first-order valence-electron chi connectivity index (χ1n) is 8.04. The van der Waals surface area contributed by atoms with Crippen molar-refractivity contribution in [2.24, 2.45) is 0 Å². The van der Waals surface area contributed by atoms with Gasteiger partial charge >= 0.3 is 0 Å². The highest BCUT2D eigenvalue weighted by Gasteiger charge is 2.05. The van der Waals surface area contributed by atoms with Crippen molar-refractivity contribution in [3.8, 4) is 11.5 Å². The van der Waals surface area contributed by atoms with E-state index in [-0.39, 0.29) is 12.5 Å². The summed E-state index contributed by atoms with van der Waals surface area (Å²) in [6.07, 6.45) is 0. The molecule has 4 heteroatoms. The van der Waals surface area contributed by atoms with Crippen molar-refractivity contribution < 1.29 is 14.3 Å². The molecule has 0 aromatic heterocycles. The minimum Gasteiger partial charge on any atom is -0.489 e. The first-order valence-corrected chi connectivity index (χ1v) is 8.04. The van der Waals surface area contributed by atoms with Crippen LogP contribution in [0.2, 0.25) is 0 Å². The van der Waals surface area contributed by atoms with Gasteiger partial charge in [0, 0.05) is 11.8 Å². The average Bonchev–Trinajstić information content (AvgIpc) is 2.67. The van der Waals surface area contributed by atoms with E-state index in [1.807, 2.05) is 78.9 Å². The van der Waals surface area contributed by atoms with Crippen molar-refractivity contribution >= 4 is 11.6 Å². The van der Waals surface area contributed by atoms with Gasteiger partial charge in [0.15, 0.2) is 6.61 Å². The van der Waals surface area contributed by atoms with Gasteiger partial charge in [-0.1, -0.05) is 54.6 Å². The average molecular weight is 333 g/mol. The van der Waals surface area contributed by atoms with E-state index >= 15 is 0 Å². The highest BCUT2D eigenvalue weighted by molar-refractivity contribution is 5.92. The number of carbonyl (C=O) groups is 1. The molecule has 0 atom stereocenters. The lowest BCUT2D eigenvalue weighted by Gasteiger charge is -2.10. The van der Waals surface area contributed by atoms with Gasteiger partial charge in [0.1, 0.15) is 18.1 Å². The molecule has 1 amide bonds. The summed E-state index contributed by atoms with van der Waals surface area (Å²) in [6.45, 7) is 0.439. The summed E-state index contributed by atoms with van der Waals surface area (Å²) >= 11 is 0. The number of hydrogen-bond donors (Lipinski definition) is 1. The van der Waals surface area contributed by atoms with E-state index in [0.29, 0.717) is 23.8 Å². The molecule has 0 aliphatic rings. The number of hydrogen-bond acceptors (Lipinski definition) is 3. The molecular weight excluding hydrogens is 314 g/mol. The van der Waals surface area contributed by atoms with Gasteiger partial charge in [-0.25, -0.2) is 0 Å². The van der Waals surface area contributed by atoms with E-state index in [1.165, 1.54) is 0 Å². The standard InChI is InChI=1S/C21H19NO3/c23-21(16-25-19-11-5-2-6-12-19)22-18-10-7-13-20(14-18)24-15-17-8-3-1-4-9-17/h1-14H,15-16H2,(H,22,23). The van der Waals surface area contributed by atoms with Gasteiger partial charge in [-0.3, -0.25) is 4.79 Å². The molecule has 3 aromatic rings. The van der Waals surface area contributed by atoms with Crippen LogP contribution in [0.15, 0.2) is 84.9 Å². The Morgan fingerprint density at radius 2 is 1.44 bits per heavy atom. The first-order chi connectivity index (χ1) is 12.3. The molecule has 1 N–H and O–H groups in total. The summed E-state index contributed by atoms with van der Waals surface area (Å²) < 4.78 is 11.2. The van der Waals surface area contributed by atoms with Crippen LogP contribution in [0.1, 0.15) is 5.56 Å². The van der Waals surface area contributed by atoms with Crippen molar-refractivity contribution in [2.75, 3.05) is 11.9 Å². The maximum absolute atomic E-state index is 12.0. The van der Waals surface area contributed by atoms with E-state index < -0.39 is 0 Å². The number of para-hydroxylation sites is 1. The van der Waals surface area contributed by atoms with Crippen molar-refractivity contribution in [3.63, 3.8) is 0 Å². The Labute approximate surface area is 147 Å². The first kappa shape index (κ1) is 16.6. The van der Waals surface area contributed by atoms with Crippen molar-refractivity contribution in [2.45, 2.75) is 6.61 Å². The van der Waals surface area contributed by atoms with E-state index in [9.17, 15) is 4.79 Å². The molecule has 0 fully saturated rings. The van der Waals surface area contributed by atoms with Gasteiger partial charge in [-0.05, 0) is 29.8 Å². The summed E-state index contributed by atoms with van der Waals surface area (Å²) in [5.74, 6) is 1.15. The van der Waals surface area contributed by atoms with Crippen LogP contribution in [-0.4, -0.2) is 12.5 Å². The summed E-state index contributed by atoms with van der Waals surface area (Å²) in [5.41, 5.74) is 1.76. The van der Waals surface area contributed by atoms with Gasteiger partial charge in [0.2, 0.25) is 0 Å². The van der Waals surface area contributed by atoms with Crippen molar-refractivity contribution in [1.29, 1.82) is 0 Å². The topological polar surface area (TPSA) is 47.6 Å². The van der Waals surface area contributed by atoms with Gasteiger partial charge in [-0.15, -0.1) is 0 Å². The van der Waals surface area contributed by atoms with E-state index in [0.717, 1.165) is 5.56 Å². The fourth-order valence-corrected chi connectivity index (χ4v) is 2.27. The predicted octanol–water partition coefficient (Wildman–Crippen LogP) is 4.28. The molecule has 0 heterocycles. The van der Waals surface area contributed by atoms with E-state index in [4.69, 9.17) is 9.47 Å². The molecule has 0 aliphatic heterocycles. The van der Waals surface area contributed by atoms with Gasteiger partial charge < -0.3 is 14.8 Å². The van der Waals surface area contributed by atoms with E-state index in [2.05, 4.69) is 5.32 Å². The van der Waals surface area contributed by atoms with Crippen LogP contribution in [-0.2, 0) is 11.4 Å². The molecule has 126 valence electrons. The third-order valence-corrected chi connectivity index (χ3v) is 3.48. The second-order valence-electron chi connectivity index (χ2n) is 5.45. The van der Waals surface area contributed by atoms with Crippen LogP contribution in [0.25, 0.3) is 0 Å². The molecule has 4 nitrogen and oxygen atoms in total. The molecule has 3 rings (SSSR count). The zero-order chi connectivity index (χ0) is 17.3. The maximum Gasteiger partial charge on any atom is 0.262 e. The normalized spacial score (nSPS) is 10.1. The minimum atomic E-state index is -0.218. The molecule has 0 bridgehead atoms. The van der Waals surface area contributed by atoms with Gasteiger partial charge in [-0.2, -0.15) is 0 Å². The molecule has 0 unspecified atom stereocenters. The molecule has 3 aromatic carbocycles. The smallest absolute Gasteiger partial charge is 0.262 e. The largest absolute Gasteiger partial charge is 0.489 e. The number of benzene rings is 3. The van der Waals surface area contributed by atoms with Crippen LogP contribution in [0.4, 0.5) is 5.69 Å². The number of amides is 1. The summed E-state index contributed by atoms with van der Waals surface area (Å²) in [7, 11) is 0. The third kappa shape index (κ3) is 5.39. The second-order valence-corrected chi connectivity index (χ2v) is 5.45. The lowest BCUT2D eigenvalue weighted by atomic mass is 10.2. The molecule has 0 aliphatic carbocycles. The van der Waals surface area contributed by atoms with Crippen molar-refractivity contribution in [3.05, 3.63) is 90.5 Å². The monoisotopic (exact) mass is 333 g/mol. The fourth-order valence-electron chi connectivity index (χ4n) is 2.27. The number of carbonyl (C=O) groups excluding carboxylic acids is 1. The molecule has 0 spiro atoms. The number of nitrogens with one attached hydrogen (secondary N) is 1. The molecule has 0 radical (unpaired) electrons. The number of rotatable bonds is 7. The van der Waals surface area contributed by atoms with Gasteiger partial charge in [0.25, 0.3) is 5.91 Å². The zero-order valence-electron chi connectivity index (χ0n) is 13.7. The van der Waals surface area contributed by atoms with E-state index in [1.54, 1.807) is 6.07 Å². The van der Waals surface area contributed by atoms with Crippen molar-refractivity contribution in [1.82, 2.24) is 0 Å². The summed E-state index contributed by atoms with van der Waals surface area (Å²) in [4.78, 5) is 12.0. The van der Waals surface area contributed by atoms with Crippen LogP contribution >= 0.6 is 0 Å². The minimum absolute atomic E-state index is 0.0425. The Balaban J connectivity index is 1.51. The number of anilines is 1. The molecule has 0 saturated heterocycles. The maximum atomic E-state index is 12.0. The predicted molar refractivity (Wildman–Crippen MR) is 97.8 cm³/mol. The van der Waals surface area contributed by atoms with Crippen LogP contribution in [0.3, 0.4) is 0 Å². The Morgan fingerprint density at radius 3 is 2.20 bits per heavy atom. The zero-order valence-corrected chi connectivity index (χ0v) is 13.7. The highest BCUT2D eigenvalue weighted by Crippen LogP contribution is 2.18. The molecule has 0 saturated carbocycles. The Bertz CT molecular complexity index is 804. The highest BCUT2D eigenvalue weighted by atomic mass is 16.5. The Kier molecular flexibility index (Phi) is 5.67. The Morgan fingerprint density at radius 1 is 0.760 bits per heavy atom. The molecular formula is C21H19NO3. The SMILES string of the molecule is O=C(COc1ccccc1)Nc1cccc(OCc2ccccc2)c1. The van der Waals surface area contributed by atoms with Gasteiger partial charge in [0.05, 0.1) is 0 Å². The van der Waals surface area contributed by atoms with Crippen LogP contribution in [0, 0.1) is 0 Å². The number of ether oxygens (including phenoxy) is 2. The second kappa shape index (κ2) is 8.55.